The van der Waals surface area contributed by atoms with Crippen molar-refractivity contribution >= 4 is 8.24 Å². The van der Waals surface area contributed by atoms with Crippen molar-refractivity contribution in [1.82, 2.24) is 0 Å². The second kappa shape index (κ2) is 12.0. The topological polar surface area (TPSA) is 14.1 Å². The monoisotopic (exact) mass is 573 g/mol. The Morgan fingerprint density at radius 2 is 1.15 bits per heavy atom. The van der Waals surface area contributed by atoms with Crippen LogP contribution in [-0.4, -0.2) is 13.8 Å². The van der Waals surface area contributed by atoms with E-state index in [1.54, 1.807) is 22.3 Å². The summed E-state index contributed by atoms with van der Waals surface area (Å²) in [5.74, 6) is 2.99. The summed E-state index contributed by atoms with van der Waals surface area (Å²) in [6, 6.07) is 0. The molecule has 1 fully saturated rings. The minimum Gasteiger partial charge on any atom is -0.660 e. The van der Waals surface area contributed by atoms with Gasteiger partial charge in [-0.1, -0.05) is 72.6 Å². The summed E-state index contributed by atoms with van der Waals surface area (Å²) in [4.78, 5) is 5.40. The van der Waals surface area contributed by atoms with Crippen LogP contribution in [0.4, 0.5) is 0 Å². The van der Waals surface area contributed by atoms with Gasteiger partial charge in [-0.15, -0.1) is 5.54 Å². The van der Waals surface area contributed by atoms with Gasteiger partial charge in [-0.25, -0.2) is 0 Å². The number of hydrogen-bond donors (Lipinski definition) is 0. The van der Waals surface area contributed by atoms with Crippen LogP contribution in [0.15, 0.2) is 22.3 Å². The van der Waals surface area contributed by atoms with Crippen molar-refractivity contribution in [2.24, 2.45) is 23.7 Å². The third-order valence-corrected chi connectivity index (χ3v) is 10.7. The predicted octanol–water partition coefficient (Wildman–Crippen LogP) is 7.38. The van der Waals surface area contributed by atoms with E-state index in [-0.39, 0.29) is 100 Å². The molecule has 0 N–H and O–H groups in total. The Hall–Kier alpha value is 2.58. The van der Waals surface area contributed by atoms with Crippen LogP contribution in [0.2, 0.25) is 18.6 Å². The minimum atomic E-state index is -1.67. The molecule has 0 aliphatic heterocycles. The van der Waals surface area contributed by atoms with E-state index in [9.17, 15) is 0 Å². The third-order valence-electron chi connectivity index (χ3n) is 6.92. The molecule has 5 unspecified atom stereocenters. The summed E-state index contributed by atoms with van der Waals surface area (Å²) in [7, 11) is -1.67. The van der Waals surface area contributed by atoms with Gasteiger partial charge in [0.2, 0.25) is 0 Å². The average molecular weight is 573 g/mol. The summed E-state index contributed by atoms with van der Waals surface area (Å²) < 4.78 is 0. The zero-order valence-corrected chi connectivity index (χ0v) is 28.2. The van der Waals surface area contributed by atoms with Crippen LogP contribution in [0.5, 0.6) is 0 Å². The summed E-state index contributed by atoms with van der Waals surface area (Å²) in [5, 5.41) is 0. The average Bonchev–Trinajstić information content (AvgIpc) is 2.65. The smallest absolute Gasteiger partial charge is 0.660 e. The summed E-state index contributed by atoms with van der Waals surface area (Å²) in [6.45, 7) is 26.3. The van der Waals surface area contributed by atoms with Gasteiger partial charge in [0.1, 0.15) is 0 Å². The fraction of sp³-hybridized carbons (Fsp3) is 0.773. The first-order valence-corrected chi connectivity index (χ1v) is 12.4. The zero-order valence-electron chi connectivity index (χ0n) is 20.0. The third kappa shape index (κ3) is 6.78. The molecule has 0 aromatic heterocycles. The Labute approximate surface area is 237 Å². The SMILES string of the molecule is CC1=C(C)C2C(C)C(C)C([Si](C)(C)[N-]C(C)(C)C)C2C(C)=C1C.[CH3-].[Ti+2].[Y].[Y]. The number of hydrogen-bond acceptors (Lipinski definition) is 0. The minimum absolute atomic E-state index is 0. The Balaban J connectivity index is -0.00000144. The standard InChI is InChI=1S/C21H38NSi.CH3.Ti.2Y/c1-12-13(2)15(4)19-18(14(12)3)16(5)17(6)20(19)23(10,11)22-21(7,8)9;;;;/h16-20H,1-11H3;1H3;;;/q2*-1;+2;;. The molecule has 27 heavy (non-hydrogen) atoms. The molecule has 2 aliphatic carbocycles. The van der Waals surface area contributed by atoms with Crippen molar-refractivity contribution in [2.45, 2.75) is 86.5 Å². The van der Waals surface area contributed by atoms with E-state index in [2.05, 4.69) is 75.4 Å². The number of rotatable bonds is 2. The summed E-state index contributed by atoms with van der Waals surface area (Å²) in [6.07, 6.45) is 0. The molecule has 2 rings (SSSR count). The number of nitrogens with zero attached hydrogens (tertiary/aromatic N) is 1. The van der Waals surface area contributed by atoms with Crippen LogP contribution in [-0.2, 0) is 87.1 Å². The first-order valence-electron chi connectivity index (χ1n) is 9.38. The van der Waals surface area contributed by atoms with Crippen LogP contribution >= 0.6 is 0 Å². The molecule has 0 aromatic carbocycles. The van der Waals surface area contributed by atoms with E-state index < -0.39 is 8.24 Å². The van der Waals surface area contributed by atoms with Crippen molar-refractivity contribution in [1.29, 1.82) is 0 Å². The zero-order chi connectivity index (χ0) is 17.9. The van der Waals surface area contributed by atoms with Crippen molar-refractivity contribution in [3.63, 3.8) is 0 Å². The van der Waals surface area contributed by atoms with Gasteiger partial charge in [0.05, 0.1) is 0 Å². The second-order valence-corrected chi connectivity index (χ2v) is 14.0. The number of allylic oxidation sites excluding steroid dienone is 4. The van der Waals surface area contributed by atoms with Crippen molar-refractivity contribution in [2.75, 3.05) is 0 Å². The van der Waals surface area contributed by atoms with Gasteiger partial charge in [-0.05, 0) is 62.5 Å². The van der Waals surface area contributed by atoms with Crippen molar-refractivity contribution in [3.05, 3.63) is 34.7 Å². The first kappa shape index (κ1) is 34.2. The molecule has 2 radical (unpaired) electrons. The molecule has 5 heteroatoms. The van der Waals surface area contributed by atoms with E-state index >= 15 is 0 Å². The molecule has 0 saturated heterocycles. The molecule has 0 spiro atoms. The Morgan fingerprint density at radius 3 is 1.52 bits per heavy atom. The quantitative estimate of drug-likeness (QED) is 0.242. The Bertz CT molecular complexity index is 563. The molecule has 1 nitrogen and oxygen atoms in total. The van der Waals surface area contributed by atoms with Gasteiger partial charge >= 0.3 is 21.7 Å². The fourth-order valence-corrected chi connectivity index (χ4v) is 10.7. The molecular weight excluding hydrogens is 532 g/mol. The molecule has 1 saturated carbocycles. The molecule has 0 aromatic rings. The Kier molecular flexibility index (Phi) is 15.2. The second-order valence-electron chi connectivity index (χ2n) is 9.85. The molecule has 148 valence electrons. The molecule has 5 atom stereocenters. The normalized spacial score (nSPS) is 30.6. The van der Waals surface area contributed by atoms with Gasteiger partial charge in [0, 0.05) is 65.4 Å². The van der Waals surface area contributed by atoms with Crippen LogP contribution in [0, 0.1) is 31.1 Å². The molecule has 2 aliphatic rings. The van der Waals surface area contributed by atoms with Crippen LogP contribution in [0.25, 0.3) is 4.98 Å². The van der Waals surface area contributed by atoms with Gasteiger partial charge < -0.3 is 12.4 Å². The van der Waals surface area contributed by atoms with E-state index in [0.29, 0.717) is 0 Å². The molecule has 0 amide bonds. The van der Waals surface area contributed by atoms with Crippen LogP contribution in [0.1, 0.15) is 62.3 Å². The van der Waals surface area contributed by atoms with E-state index in [1.165, 1.54) is 0 Å². The molecular formula is C22H41NSiTiY2. The maximum Gasteiger partial charge on any atom is 2.00 e. The largest absolute Gasteiger partial charge is 2.00 e. The summed E-state index contributed by atoms with van der Waals surface area (Å²) >= 11 is 0. The fourth-order valence-electron chi connectivity index (χ4n) is 5.85. The van der Waals surface area contributed by atoms with E-state index in [4.69, 9.17) is 4.98 Å². The van der Waals surface area contributed by atoms with Gasteiger partial charge in [0.25, 0.3) is 0 Å². The molecule has 0 bridgehead atoms. The summed E-state index contributed by atoms with van der Waals surface area (Å²) in [5.41, 5.74) is 7.26. The van der Waals surface area contributed by atoms with Gasteiger partial charge in [0.15, 0.2) is 0 Å². The van der Waals surface area contributed by atoms with Gasteiger partial charge in [-0.3, -0.25) is 0 Å². The maximum absolute atomic E-state index is 5.40. The maximum atomic E-state index is 5.40. The number of fused-ring (bicyclic) bond motifs is 1. The van der Waals surface area contributed by atoms with Crippen LogP contribution < -0.4 is 0 Å². The van der Waals surface area contributed by atoms with E-state index in [1.807, 2.05) is 0 Å². The van der Waals surface area contributed by atoms with E-state index in [0.717, 1.165) is 29.2 Å². The first-order chi connectivity index (χ1) is 10.3. The van der Waals surface area contributed by atoms with Crippen molar-refractivity contribution in [3.8, 4) is 0 Å². The van der Waals surface area contributed by atoms with Crippen LogP contribution in [0.3, 0.4) is 0 Å². The van der Waals surface area contributed by atoms with Gasteiger partial charge in [-0.2, -0.15) is 0 Å². The predicted molar refractivity (Wildman–Crippen MR) is 113 cm³/mol. The molecule has 0 heterocycles. The Morgan fingerprint density at radius 1 is 0.778 bits per heavy atom. The van der Waals surface area contributed by atoms with Crippen molar-refractivity contribution < 1.29 is 87.1 Å².